The first-order valence-corrected chi connectivity index (χ1v) is 7.81. The van der Waals surface area contributed by atoms with Gasteiger partial charge >= 0.3 is 0 Å². The zero-order valence-electron chi connectivity index (χ0n) is 12.5. The Hall–Kier alpha value is -1.14. The quantitative estimate of drug-likeness (QED) is 0.881. The van der Waals surface area contributed by atoms with Crippen LogP contribution in [0.3, 0.4) is 0 Å². The number of hydrogen-bond donors (Lipinski definition) is 1. The molecule has 1 saturated carbocycles. The highest BCUT2D eigenvalue weighted by atomic mass is 32.1. The van der Waals surface area contributed by atoms with Crippen molar-refractivity contribution in [2.24, 2.45) is 7.05 Å². The molecule has 0 unspecified atom stereocenters. The topological polar surface area (TPSA) is 41.8 Å². The summed E-state index contributed by atoms with van der Waals surface area (Å²) < 4.78 is 4.90. The lowest BCUT2D eigenvalue weighted by molar-refractivity contribution is 0.236. The van der Waals surface area contributed by atoms with Gasteiger partial charge < -0.3 is 14.5 Å². The summed E-state index contributed by atoms with van der Waals surface area (Å²) in [6, 6.07) is 0.756. The molecule has 2 aromatic heterocycles. The Morgan fingerprint density at radius 3 is 2.80 bits per heavy atom. The van der Waals surface area contributed by atoms with E-state index in [0.29, 0.717) is 0 Å². The number of aromatic amines is 1. The molecule has 0 atom stereocenters. The number of hydrogen-bond acceptors (Lipinski definition) is 3. The number of aryl methyl sites for hydroxylation is 2. The van der Waals surface area contributed by atoms with Gasteiger partial charge in [-0.25, -0.2) is 0 Å². The number of rotatable bonds is 4. The molecule has 5 nitrogen and oxygen atoms in total. The first-order chi connectivity index (χ1) is 9.58. The highest BCUT2D eigenvalue weighted by Gasteiger charge is 2.20. The summed E-state index contributed by atoms with van der Waals surface area (Å²) in [5, 5.41) is 4.46. The Balaban J connectivity index is 1.80. The smallest absolute Gasteiger partial charge is 0.179 e. The zero-order chi connectivity index (χ0) is 14.3. The molecular formula is C14H23N5S. The van der Waals surface area contributed by atoms with Gasteiger partial charge in [-0.15, -0.1) is 0 Å². The number of likely N-dealkylation sites (N-methyl/N-ethyl adjacent to an activating group) is 1. The number of fused-ring (bicyclic) bond motifs is 1. The molecular weight excluding hydrogens is 270 g/mol. The first kappa shape index (κ1) is 13.8. The Morgan fingerprint density at radius 2 is 2.10 bits per heavy atom. The van der Waals surface area contributed by atoms with Crippen LogP contribution in [-0.2, 0) is 13.6 Å². The van der Waals surface area contributed by atoms with E-state index < -0.39 is 0 Å². The third-order valence-corrected chi connectivity index (χ3v) is 4.87. The van der Waals surface area contributed by atoms with Crippen LogP contribution in [0, 0.1) is 11.7 Å². The molecule has 20 heavy (non-hydrogen) atoms. The minimum absolute atomic E-state index is 0.756. The second-order valence-electron chi connectivity index (χ2n) is 5.91. The fourth-order valence-corrected chi connectivity index (χ4v) is 3.65. The fraction of sp³-hybridized carbons (Fsp3) is 0.714. The van der Waals surface area contributed by atoms with Gasteiger partial charge in [0.15, 0.2) is 10.4 Å². The monoisotopic (exact) mass is 293 g/mol. The van der Waals surface area contributed by atoms with Crippen LogP contribution in [-0.4, -0.2) is 43.9 Å². The van der Waals surface area contributed by atoms with E-state index in [1.165, 1.54) is 25.7 Å². The van der Waals surface area contributed by atoms with Crippen LogP contribution in [0.15, 0.2) is 0 Å². The summed E-state index contributed by atoms with van der Waals surface area (Å²) in [5.41, 5.74) is 3.19. The average Bonchev–Trinajstić information content (AvgIpc) is 3.08. The van der Waals surface area contributed by atoms with E-state index in [9.17, 15) is 0 Å². The van der Waals surface area contributed by atoms with E-state index in [1.807, 2.05) is 18.7 Å². The zero-order valence-corrected chi connectivity index (χ0v) is 13.3. The molecule has 1 fully saturated rings. The van der Waals surface area contributed by atoms with Crippen LogP contribution in [0.25, 0.3) is 11.2 Å². The van der Waals surface area contributed by atoms with Gasteiger partial charge in [0.05, 0.1) is 5.69 Å². The van der Waals surface area contributed by atoms with Crippen molar-refractivity contribution in [2.45, 2.75) is 45.2 Å². The van der Waals surface area contributed by atoms with E-state index in [0.717, 1.165) is 40.8 Å². The molecule has 0 radical (unpaired) electrons. The van der Waals surface area contributed by atoms with E-state index in [-0.39, 0.29) is 0 Å². The van der Waals surface area contributed by atoms with Crippen molar-refractivity contribution in [2.75, 3.05) is 13.6 Å². The molecule has 0 spiro atoms. The lowest BCUT2D eigenvalue weighted by atomic mass is 10.2. The van der Waals surface area contributed by atoms with Crippen LogP contribution >= 0.6 is 12.2 Å². The molecule has 0 amide bonds. The van der Waals surface area contributed by atoms with Gasteiger partial charge in [0.2, 0.25) is 0 Å². The average molecular weight is 293 g/mol. The number of imidazole rings is 1. The summed E-state index contributed by atoms with van der Waals surface area (Å²) >= 11 is 5.46. The third kappa shape index (κ3) is 2.31. The fourth-order valence-electron chi connectivity index (χ4n) is 3.37. The van der Waals surface area contributed by atoms with Crippen LogP contribution in [0.4, 0.5) is 0 Å². The standard InChI is InChI=1S/C14H23N5S/c1-10-12-13(18(3)16-10)19(14(20)15-12)9-8-17(2)11-6-4-5-7-11/h11H,4-9H2,1-3H3,(H,15,20). The molecule has 1 aliphatic rings. The predicted molar refractivity (Wildman–Crippen MR) is 83.5 cm³/mol. The molecule has 1 N–H and O–H groups in total. The van der Waals surface area contributed by atoms with Crippen molar-refractivity contribution in [1.29, 1.82) is 0 Å². The highest BCUT2D eigenvalue weighted by molar-refractivity contribution is 7.71. The second-order valence-corrected chi connectivity index (χ2v) is 6.30. The van der Waals surface area contributed by atoms with Crippen LogP contribution in [0.1, 0.15) is 31.4 Å². The molecule has 3 rings (SSSR count). The SMILES string of the molecule is Cc1nn(C)c2c1[nH]c(=S)n2CCN(C)C1CCCC1. The molecule has 0 aromatic carbocycles. The van der Waals surface area contributed by atoms with Crippen molar-refractivity contribution < 1.29 is 0 Å². The van der Waals surface area contributed by atoms with Crippen LogP contribution in [0.5, 0.6) is 0 Å². The van der Waals surface area contributed by atoms with Crippen molar-refractivity contribution >= 4 is 23.4 Å². The summed E-state index contributed by atoms with van der Waals surface area (Å²) in [7, 11) is 4.22. The summed E-state index contributed by atoms with van der Waals surface area (Å²) in [6.07, 6.45) is 5.44. The lowest BCUT2D eigenvalue weighted by Crippen LogP contribution is -2.32. The molecule has 0 saturated heterocycles. The maximum atomic E-state index is 5.46. The van der Waals surface area contributed by atoms with E-state index >= 15 is 0 Å². The maximum Gasteiger partial charge on any atom is 0.179 e. The minimum atomic E-state index is 0.756. The van der Waals surface area contributed by atoms with E-state index in [1.54, 1.807) is 0 Å². The summed E-state index contributed by atoms with van der Waals surface area (Å²) in [5.74, 6) is 0. The number of H-pyrrole nitrogens is 1. The van der Waals surface area contributed by atoms with Gasteiger partial charge in [-0.05, 0) is 39.0 Å². The molecule has 1 aliphatic carbocycles. The molecule has 0 bridgehead atoms. The Kier molecular flexibility index (Phi) is 3.69. The largest absolute Gasteiger partial charge is 0.328 e. The van der Waals surface area contributed by atoms with Gasteiger partial charge in [-0.2, -0.15) is 5.10 Å². The lowest BCUT2D eigenvalue weighted by Gasteiger charge is -2.24. The maximum absolute atomic E-state index is 5.46. The van der Waals surface area contributed by atoms with Gasteiger partial charge in [0.1, 0.15) is 5.52 Å². The molecule has 0 aliphatic heterocycles. The van der Waals surface area contributed by atoms with Crippen LogP contribution in [0.2, 0.25) is 0 Å². The number of aromatic nitrogens is 4. The van der Waals surface area contributed by atoms with Gasteiger partial charge in [-0.3, -0.25) is 4.68 Å². The molecule has 6 heteroatoms. The van der Waals surface area contributed by atoms with E-state index in [2.05, 4.69) is 26.6 Å². The van der Waals surface area contributed by atoms with Gasteiger partial charge in [-0.1, -0.05) is 12.8 Å². The molecule has 2 aromatic rings. The first-order valence-electron chi connectivity index (χ1n) is 7.40. The number of nitrogens with one attached hydrogen (secondary N) is 1. The van der Waals surface area contributed by atoms with Gasteiger partial charge in [0, 0.05) is 26.2 Å². The van der Waals surface area contributed by atoms with E-state index in [4.69, 9.17) is 12.2 Å². The summed E-state index contributed by atoms with van der Waals surface area (Å²) in [6.45, 7) is 3.98. The molecule has 110 valence electrons. The second kappa shape index (κ2) is 5.33. The van der Waals surface area contributed by atoms with Crippen molar-refractivity contribution in [3.05, 3.63) is 10.5 Å². The predicted octanol–water partition coefficient (Wildman–Crippen LogP) is 2.62. The minimum Gasteiger partial charge on any atom is -0.328 e. The summed E-state index contributed by atoms with van der Waals surface area (Å²) in [4.78, 5) is 5.77. The van der Waals surface area contributed by atoms with Crippen LogP contribution < -0.4 is 0 Å². The highest BCUT2D eigenvalue weighted by Crippen LogP contribution is 2.22. The van der Waals surface area contributed by atoms with Crippen molar-refractivity contribution in [1.82, 2.24) is 24.2 Å². The van der Waals surface area contributed by atoms with Crippen molar-refractivity contribution in [3.63, 3.8) is 0 Å². The normalized spacial score (nSPS) is 16.8. The Bertz CT molecular complexity index is 659. The molecule has 2 heterocycles. The third-order valence-electron chi connectivity index (χ3n) is 4.55. The Labute approximate surface area is 124 Å². The van der Waals surface area contributed by atoms with Crippen molar-refractivity contribution in [3.8, 4) is 0 Å². The Morgan fingerprint density at radius 1 is 1.40 bits per heavy atom. The van der Waals surface area contributed by atoms with Gasteiger partial charge in [0.25, 0.3) is 0 Å². The number of nitrogens with zero attached hydrogens (tertiary/aromatic N) is 4.